The highest BCUT2D eigenvalue weighted by Crippen LogP contribution is 2.37. The second kappa shape index (κ2) is 4.83. The van der Waals surface area contributed by atoms with Crippen LogP contribution in [0.3, 0.4) is 0 Å². The van der Waals surface area contributed by atoms with Crippen LogP contribution in [0.25, 0.3) is 0 Å². The quantitative estimate of drug-likeness (QED) is 0.857. The largest absolute Gasteiger partial charge is 0.340 e. The number of rotatable bonds is 1. The van der Waals surface area contributed by atoms with E-state index in [9.17, 15) is 9.59 Å². The Kier molecular flexibility index (Phi) is 3.23. The number of anilines is 1. The average Bonchev–Trinajstić information content (AvgIpc) is 2.89. The van der Waals surface area contributed by atoms with Crippen molar-refractivity contribution in [1.29, 1.82) is 0 Å². The van der Waals surface area contributed by atoms with Gasteiger partial charge in [0.05, 0.1) is 11.4 Å². The van der Waals surface area contributed by atoms with Crippen LogP contribution in [0, 0.1) is 13.8 Å². The Hall–Kier alpha value is -1.91. The molecule has 0 bridgehead atoms. The highest BCUT2D eigenvalue weighted by Gasteiger charge is 2.51. The van der Waals surface area contributed by atoms with Gasteiger partial charge in [-0.2, -0.15) is 0 Å². The molecular formula is C16H21N3O2. The van der Waals surface area contributed by atoms with Crippen LogP contribution in [0.2, 0.25) is 0 Å². The Morgan fingerprint density at radius 3 is 2.52 bits per heavy atom. The number of hydrogen-bond acceptors (Lipinski definition) is 3. The molecule has 3 rings (SSSR count). The molecule has 1 aromatic heterocycles. The molecule has 0 radical (unpaired) electrons. The molecule has 1 aromatic rings. The third-order valence-electron chi connectivity index (χ3n) is 4.67. The molecule has 112 valence electrons. The van der Waals surface area contributed by atoms with E-state index in [0.717, 1.165) is 42.8 Å². The first kappa shape index (κ1) is 14.0. The van der Waals surface area contributed by atoms with Gasteiger partial charge in [0.2, 0.25) is 5.91 Å². The molecule has 1 saturated heterocycles. The molecule has 21 heavy (non-hydrogen) atoms. The van der Waals surface area contributed by atoms with E-state index in [2.05, 4.69) is 10.3 Å². The normalized spacial score (nSPS) is 24.5. The number of carbonyl (C=O) groups is 2. The molecule has 1 N–H and O–H groups in total. The van der Waals surface area contributed by atoms with Crippen LogP contribution in [-0.2, 0) is 9.59 Å². The van der Waals surface area contributed by atoms with Gasteiger partial charge in [-0.25, -0.2) is 0 Å². The van der Waals surface area contributed by atoms with E-state index in [-0.39, 0.29) is 11.8 Å². The van der Waals surface area contributed by atoms with Crippen molar-refractivity contribution >= 4 is 17.5 Å². The lowest BCUT2D eigenvalue weighted by molar-refractivity contribution is -0.137. The third kappa shape index (κ3) is 2.11. The monoisotopic (exact) mass is 287 g/mol. The SMILES string of the molecule is Cc1ccc(N2C(=O)C3(CCCC3)NC(=O)C2C)c(C)n1. The van der Waals surface area contributed by atoms with Gasteiger partial charge in [-0.05, 0) is 45.7 Å². The Balaban J connectivity index is 2.05. The van der Waals surface area contributed by atoms with Crippen molar-refractivity contribution in [3.05, 3.63) is 23.5 Å². The number of carbonyl (C=O) groups excluding carboxylic acids is 2. The van der Waals surface area contributed by atoms with Crippen LogP contribution in [-0.4, -0.2) is 28.4 Å². The number of aryl methyl sites for hydroxylation is 2. The maximum atomic E-state index is 13.0. The first-order valence-corrected chi connectivity index (χ1v) is 7.54. The number of pyridine rings is 1. The van der Waals surface area contributed by atoms with Crippen molar-refractivity contribution in [2.45, 2.75) is 58.0 Å². The lowest BCUT2D eigenvalue weighted by Gasteiger charge is -2.43. The van der Waals surface area contributed by atoms with Gasteiger partial charge in [-0.3, -0.25) is 19.5 Å². The standard InChI is InChI=1S/C16H21N3O2/c1-10-6-7-13(11(2)17-10)19-12(3)14(20)18-16(15(19)21)8-4-5-9-16/h6-7,12H,4-5,8-9H2,1-3H3,(H,18,20). The maximum absolute atomic E-state index is 13.0. The molecule has 2 aliphatic rings. The summed E-state index contributed by atoms with van der Waals surface area (Å²) in [5, 5.41) is 2.97. The van der Waals surface area contributed by atoms with Gasteiger partial charge in [0, 0.05) is 5.69 Å². The zero-order valence-electron chi connectivity index (χ0n) is 12.8. The number of hydrogen-bond donors (Lipinski definition) is 1. The molecular weight excluding hydrogens is 266 g/mol. The molecule has 2 amide bonds. The molecule has 2 fully saturated rings. The summed E-state index contributed by atoms with van der Waals surface area (Å²) in [7, 11) is 0. The highest BCUT2D eigenvalue weighted by molar-refractivity contribution is 6.11. The van der Waals surface area contributed by atoms with E-state index in [4.69, 9.17) is 0 Å². The predicted octanol–water partition coefficient (Wildman–Crippen LogP) is 1.86. The summed E-state index contributed by atoms with van der Waals surface area (Å²) in [6.07, 6.45) is 3.44. The molecule has 1 spiro atoms. The first-order valence-electron chi connectivity index (χ1n) is 7.54. The number of nitrogens with zero attached hydrogens (tertiary/aromatic N) is 2. The summed E-state index contributed by atoms with van der Waals surface area (Å²) in [4.78, 5) is 31.4. The second-order valence-electron chi connectivity index (χ2n) is 6.19. The van der Waals surface area contributed by atoms with Crippen molar-refractivity contribution in [3.8, 4) is 0 Å². The van der Waals surface area contributed by atoms with Gasteiger partial charge < -0.3 is 5.32 Å². The van der Waals surface area contributed by atoms with Gasteiger partial charge >= 0.3 is 0 Å². The number of amides is 2. The molecule has 1 aliphatic carbocycles. The highest BCUT2D eigenvalue weighted by atomic mass is 16.2. The molecule has 5 heteroatoms. The van der Waals surface area contributed by atoms with Gasteiger partial charge in [-0.1, -0.05) is 12.8 Å². The van der Waals surface area contributed by atoms with Gasteiger partial charge in [-0.15, -0.1) is 0 Å². The fourth-order valence-electron chi connectivity index (χ4n) is 3.49. The number of piperazine rings is 1. The molecule has 0 aromatic carbocycles. The van der Waals surface area contributed by atoms with Crippen molar-refractivity contribution in [3.63, 3.8) is 0 Å². The van der Waals surface area contributed by atoms with Crippen LogP contribution in [0.4, 0.5) is 5.69 Å². The van der Waals surface area contributed by atoms with Gasteiger partial charge in [0.15, 0.2) is 0 Å². The predicted molar refractivity (Wildman–Crippen MR) is 80.0 cm³/mol. The lowest BCUT2D eigenvalue weighted by atomic mass is 9.90. The summed E-state index contributed by atoms with van der Waals surface area (Å²) in [6.45, 7) is 5.58. The fourth-order valence-corrected chi connectivity index (χ4v) is 3.49. The van der Waals surface area contributed by atoms with E-state index >= 15 is 0 Å². The van der Waals surface area contributed by atoms with E-state index in [1.165, 1.54) is 0 Å². The maximum Gasteiger partial charge on any atom is 0.253 e. The van der Waals surface area contributed by atoms with E-state index in [1.54, 1.807) is 11.8 Å². The summed E-state index contributed by atoms with van der Waals surface area (Å²) in [5.74, 6) is -0.0580. The smallest absolute Gasteiger partial charge is 0.253 e. The molecule has 1 aliphatic heterocycles. The van der Waals surface area contributed by atoms with Crippen LogP contribution in [0.5, 0.6) is 0 Å². The number of nitrogens with one attached hydrogen (secondary N) is 1. The molecule has 2 heterocycles. The third-order valence-corrected chi connectivity index (χ3v) is 4.67. The minimum absolute atomic E-state index is 0.0147. The topological polar surface area (TPSA) is 62.3 Å². The number of aromatic nitrogens is 1. The molecule has 1 unspecified atom stereocenters. The van der Waals surface area contributed by atoms with Crippen LogP contribution < -0.4 is 10.2 Å². The van der Waals surface area contributed by atoms with E-state index < -0.39 is 11.6 Å². The van der Waals surface area contributed by atoms with Gasteiger partial charge in [0.25, 0.3) is 5.91 Å². The van der Waals surface area contributed by atoms with E-state index in [0.29, 0.717) is 0 Å². The minimum Gasteiger partial charge on any atom is -0.340 e. The van der Waals surface area contributed by atoms with Crippen molar-refractivity contribution < 1.29 is 9.59 Å². The minimum atomic E-state index is -0.694. The van der Waals surface area contributed by atoms with E-state index in [1.807, 2.05) is 26.0 Å². The summed E-state index contributed by atoms with van der Waals surface area (Å²) in [6, 6.07) is 3.29. The lowest BCUT2D eigenvalue weighted by Crippen LogP contribution is -2.69. The Bertz CT molecular complexity index is 606. The molecule has 1 atom stereocenters. The summed E-state index contributed by atoms with van der Waals surface area (Å²) in [5.41, 5.74) is 1.76. The Morgan fingerprint density at radius 1 is 1.24 bits per heavy atom. The summed E-state index contributed by atoms with van der Waals surface area (Å²) >= 11 is 0. The fraction of sp³-hybridized carbons (Fsp3) is 0.562. The van der Waals surface area contributed by atoms with Crippen LogP contribution >= 0.6 is 0 Å². The summed E-state index contributed by atoms with van der Waals surface area (Å²) < 4.78 is 0. The first-order chi connectivity index (χ1) is 9.94. The van der Waals surface area contributed by atoms with Gasteiger partial charge in [0.1, 0.15) is 11.6 Å². The molecule has 1 saturated carbocycles. The van der Waals surface area contributed by atoms with Crippen molar-refractivity contribution in [1.82, 2.24) is 10.3 Å². The van der Waals surface area contributed by atoms with Crippen molar-refractivity contribution in [2.24, 2.45) is 0 Å². The molecule has 5 nitrogen and oxygen atoms in total. The zero-order valence-corrected chi connectivity index (χ0v) is 12.8. The van der Waals surface area contributed by atoms with Crippen LogP contribution in [0.15, 0.2) is 12.1 Å². The Morgan fingerprint density at radius 2 is 1.90 bits per heavy atom. The van der Waals surface area contributed by atoms with Crippen LogP contribution in [0.1, 0.15) is 44.0 Å². The zero-order chi connectivity index (χ0) is 15.2. The second-order valence-corrected chi connectivity index (χ2v) is 6.19. The van der Waals surface area contributed by atoms with Crippen molar-refractivity contribution in [2.75, 3.05) is 4.90 Å². The Labute approximate surface area is 124 Å². The average molecular weight is 287 g/mol.